The largest absolute Gasteiger partial charge is 0.494 e. The van der Waals surface area contributed by atoms with Crippen molar-refractivity contribution in [2.24, 2.45) is 4.99 Å². The molecule has 0 spiro atoms. The van der Waals surface area contributed by atoms with Crippen molar-refractivity contribution in [2.75, 3.05) is 33.3 Å². The SMILES string of the molecule is CN=C(NCCCOc1ccccc1)NCCNS(=O)(=O)c1ccc(Cl)s1.I. The fourth-order valence-corrected chi connectivity index (χ4v) is 4.65. The third-order valence-corrected chi connectivity index (χ3v) is 6.56. The molecule has 0 radical (unpaired) electrons. The molecular weight excluding hydrogens is 535 g/mol. The smallest absolute Gasteiger partial charge is 0.250 e. The molecule has 0 aliphatic heterocycles. The van der Waals surface area contributed by atoms with E-state index >= 15 is 0 Å². The van der Waals surface area contributed by atoms with Crippen molar-refractivity contribution in [3.8, 4) is 5.75 Å². The number of nitrogens with one attached hydrogen (secondary N) is 3. The van der Waals surface area contributed by atoms with Crippen molar-refractivity contribution in [2.45, 2.75) is 10.6 Å². The van der Waals surface area contributed by atoms with Gasteiger partial charge in [0, 0.05) is 26.7 Å². The molecule has 1 heterocycles. The van der Waals surface area contributed by atoms with E-state index in [1.165, 1.54) is 6.07 Å². The van der Waals surface area contributed by atoms with Crippen LogP contribution >= 0.6 is 46.9 Å². The van der Waals surface area contributed by atoms with Crippen molar-refractivity contribution >= 4 is 62.9 Å². The van der Waals surface area contributed by atoms with Crippen molar-refractivity contribution in [1.29, 1.82) is 0 Å². The predicted molar refractivity (Wildman–Crippen MR) is 126 cm³/mol. The van der Waals surface area contributed by atoms with Crippen LogP contribution in [0.5, 0.6) is 5.75 Å². The number of para-hydroxylation sites is 1. The van der Waals surface area contributed by atoms with Gasteiger partial charge in [0.25, 0.3) is 0 Å². The number of halogens is 2. The molecule has 0 aliphatic rings. The van der Waals surface area contributed by atoms with Gasteiger partial charge in [-0.25, -0.2) is 13.1 Å². The van der Waals surface area contributed by atoms with Crippen molar-refractivity contribution in [1.82, 2.24) is 15.4 Å². The third-order valence-electron chi connectivity index (χ3n) is 3.37. The summed E-state index contributed by atoms with van der Waals surface area (Å²) >= 11 is 6.80. The Balaban J connectivity index is 0.00000392. The Labute approximate surface area is 192 Å². The van der Waals surface area contributed by atoms with E-state index in [2.05, 4.69) is 20.3 Å². The molecule has 7 nitrogen and oxygen atoms in total. The van der Waals surface area contributed by atoms with Crippen LogP contribution in [-0.2, 0) is 10.0 Å². The van der Waals surface area contributed by atoms with Crippen LogP contribution in [0.15, 0.2) is 51.7 Å². The van der Waals surface area contributed by atoms with Gasteiger partial charge in [0.2, 0.25) is 10.0 Å². The second-order valence-electron chi connectivity index (χ2n) is 5.40. The average molecular weight is 559 g/mol. The van der Waals surface area contributed by atoms with Gasteiger partial charge in [0.05, 0.1) is 10.9 Å². The Morgan fingerprint density at radius 3 is 2.46 bits per heavy atom. The Hall–Kier alpha value is -1.08. The molecule has 0 saturated carbocycles. The van der Waals surface area contributed by atoms with Crippen LogP contribution in [0.2, 0.25) is 4.34 Å². The molecule has 2 rings (SSSR count). The number of guanidine groups is 1. The van der Waals surface area contributed by atoms with Crippen molar-refractivity contribution < 1.29 is 13.2 Å². The molecule has 0 fully saturated rings. The molecule has 0 saturated heterocycles. The zero-order chi connectivity index (χ0) is 19.5. The molecule has 0 aliphatic carbocycles. The Morgan fingerprint density at radius 2 is 1.82 bits per heavy atom. The summed E-state index contributed by atoms with van der Waals surface area (Å²) in [6.07, 6.45) is 0.807. The maximum atomic E-state index is 12.1. The van der Waals surface area contributed by atoms with Crippen molar-refractivity contribution in [3.63, 3.8) is 0 Å². The van der Waals surface area contributed by atoms with Gasteiger partial charge in [-0.15, -0.1) is 35.3 Å². The molecule has 28 heavy (non-hydrogen) atoms. The number of sulfonamides is 1. The molecule has 3 N–H and O–H groups in total. The van der Waals surface area contributed by atoms with Crippen LogP contribution in [0, 0.1) is 0 Å². The lowest BCUT2D eigenvalue weighted by atomic mass is 10.3. The molecule has 156 valence electrons. The zero-order valence-corrected chi connectivity index (χ0v) is 20.1. The van der Waals surface area contributed by atoms with Crippen LogP contribution in [0.1, 0.15) is 6.42 Å². The van der Waals surface area contributed by atoms with E-state index in [1.54, 1.807) is 13.1 Å². The number of rotatable bonds is 10. The first-order valence-electron chi connectivity index (χ1n) is 8.38. The minimum absolute atomic E-state index is 0. The third kappa shape index (κ3) is 8.95. The maximum Gasteiger partial charge on any atom is 0.250 e. The van der Waals surface area contributed by atoms with Crippen molar-refractivity contribution in [3.05, 3.63) is 46.8 Å². The van der Waals surface area contributed by atoms with Crippen LogP contribution in [0.3, 0.4) is 0 Å². The molecule has 0 unspecified atom stereocenters. The van der Waals surface area contributed by atoms with Gasteiger partial charge in [0.15, 0.2) is 5.96 Å². The van der Waals surface area contributed by atoms with E-state index in [0.29, 0.717) is 30.0 Å². The number of nitrogens with zero attached hydrogens (tertiary/aromatic N) is 1. The lowest BCUT2D eigenvalue weighted by Crippen LogP contribution is -2.41. The van der Waals surface area contributed by atoms with Gasteiger partial charge in [-0.3, -0.25) is 4.99 Å². The minimum atomic E-state index is -3.53. The monoisotopic (exact) mass is 558 g/mol. The Kier molecular flexibility index (Phi) is 11.8. The highest BCUT2D eigenvalue weighted by Crippen LogP contribution is 2.25. The van der Waals surface area contributed by atoms with Gasteiger partial charge >= 0.3 is 0 Å². The molecular formula is C17H24ClIN4O3S2. The first-order valence-corrected chi connectivity index (χ1v) is 11.1. The molecule has 0 bridgehead atoms. The normalized spacial score (nSPS) is 11.6. The molecule has 0 amide bonds. The number of benzene rings is 1. The summed E-state index contributed by atoms with van der Waals surface area (Å²) in [4.78, 5) is 4.10. The van der Waals surface area contributed by atoms with E-state index in [0.717, 1.165) is 23.5 Å². The van der Waals surface area contributed by atoms with Crippen LogP contribution < -0.4 is 20.1 Å². The first-order chi connectivity index (χ1) is 13.0. The van der Waals surface area contributed by atoms with Crippen LogP contribution in [0.4, 0.5) is 0 Å². The van der Waals surface area contributed by atoms with E-state index in [1.807, 2.05) is 30.3 Å². The van der Waals surface area contributed by atoms with Gasteiger partial charge < -0.3 is 15.4 Å². The number of aliphatic imine (C=N–C) groups is 1. The predicted octanol–water partition coefficient (Wildman–Crippen LogP) is 2.93. The second-order valence-corrected chi connectivity index (χ2v) is 9.11. The summed E-state index contributed by atoms with van der Waals surface area (Å²) in [5, 5.41) is 6.21. The van der Waals surface area contributed by atoms with E-state index < -0.39 is 10.0 Å². The fourth-order valence-electron chi connectivity index (χ4n) is 2.09. The van der Waals surface area contributed by atoms with Gasteiger partial charge in [-0.1, -0.05) is 29.8 Å². The van der Waals surface area contributed by atoms with Crippen LogP contribution in [-0.4, -0.2) is 47.7 Å². The second kappa shape index (κ2) is 13.2. The summed E-state index contributed by atoms with van der Waals surface area (Å²) in [6.45, 7) is 1.91. The highest BCUT2D eigenvalue weighted by atomic mass is 127. The number of thiophene rings is 1. The number of hydrogen-bond donors (Lipinski definition) is 3. The van der Waals surface area contributed by atoms with Gasteiger partial charge in [-0.05, 0) is 30.7 Å². The summed E-state index contributed by atoms with van der Waals surface area (Å²) < 4.78 is 32.9. The minimum Gasteiger partial charge on any atom is -0.494 e. The lowest BCUT2D eigenvalue weighted by Gasteiger charge is -2.12. The fraction of sp³-hybridized carbons (Fsp3) is 0.353. The van der Waals surface area contributed by atoms with Crippen LogP contribution in [0.25, 0.3) is 0 Å². The summed E-state index contributed by atoms with van der Waals surface area (Å²) in [7, 11) is -1.87. The van der Waals surface area contributed by atoms with E-state index in [4.69, 9.17) is 16.3 Å². The average Bonchev–Trinajstić information content (AvgIpc) is 3.11. The highest BCUT2D eigenvalue weighted by molar-refractivity contribution is 14.0. The van der Waals surface area contributed by atoms with E-state index in [9.17, 15) is 8.42 Å². The molecule has 1 aromatic heterocycles. The zero-order valence-electron chi connectivity index (χ0n) is 15.4. The molecule has 1 aromatic carbocycles. The summed E-state index contributed by atoms with van der Waals surface area (Å²) in [5.74, 6) is 1.45. The standard InChI is InChI=1S/C17H23ClN4O3S2.HI/c1-19-17(20-10-5-13-25-14-6-3-2-4-7-14)21-11-12-22-27(23,24)16-9-8-15(18)26-16;/h2-4,6-9,22H,5,10-13H2,1H3,(H2,19,20,21);1H. The molecule has 2 aromatic rings. The van der Waals surface area contributed by atoms with E-state index in [-0.39, 0.29) is 34.7 Å². The Bertz CT molecular complexity index is 832. The maximum absolute atomic E-state index is 12.1. The first kappa shape index (κ1) is 25.0. The number of hydrogen-bond acceptors (Lipinski definition) is 5. The topological polar surface area (TPSA) is 91.8 Å². The van der Waals surface area contributed by atoms with Gasteiger partial charge in [-0.2, -0.15) is 0 Å². The van der Waals surface area contributed by atoms with Gasteiger partial charge in [0.1, 0.15) is 9.96 Å². The Morgan fingerprint density at radius 1 is 1.11 bits per heavy atom. The molecule has 11 heteroatoms. The highest BCUT2D eigenvalue weighted by Gasteiger charge is 2.15. The number of ether oxygens (including phenoxy) is 1. The summed E-state index contributed by atoms with van der Waals surface area (Å²) in [5.41, 5.74) is 0. The summed E-state index contributed by atoms with van der Waals surface area (Å²) in [6, 6.07) is 12.7. The quantitative estimate of drug-likeness (QED) is 0.181. The molecule has 0 atom stereocenters. The lowest BCUT2D eigenvalue weighted by molar-refractivity contribution is 0.311.